The molecule has 0 unspecified atom stereocenters. The Labute approximate surface area is 228 Å². The predicted molar refractivity (Wildman–Crippen MR) is 148 cm³/mol. The van der Waals surface area contributed by atoms with E-state index >= 15 is 0 Å². The maximum Gasteiger partial charge on any atom is 0.408 e. The number of amides is 2. The second-order valence-corrected chi connectivity index (χ2v) is 12.6. The molecule has 1 aromatic heterocycles. The summed E-state index contributed by atoms with van der Waals surface area (Å²) in [6.45, 7) is 1.73. The number of H-pyrrole nitrogens is 1. The zero-order valence-corrected chi connectivity index (χ0v) is 23.3. The largest absolute Gasteiger partial charge is 0.469 e. The quantitative estimate of drug-likeness (QED) is 0.384. The van der Waals surface area contributed by atoms with Crippen LogP contribution < -0.4 is 10.6 Å². The molecule has 4 aliphatic carbocycles. The van der Waals surface area contributed by atoms with Crippen molar-refractivity contribution in [2.75, 3.05) is 19.1 Å². The van der Waals surface area contributed by atoms with E-state index in [0.717, 1.165) is 54.0 Å². The van der Waals surface area contributed by atoms with Crippen LogP contribution >= 0.6 is 11.8 Å². The van der Waals surface area contributed by atoms with Gasteiger partial charge in [0.1, 0.15) is 11.6 Å². The highest BCUT2D eigenvalue weighted by atomic mass is 32.2. The molecule has 6 rings (SSSR count). The molecule has 2 amide bonds. The molecule has 2 aromatic rings. The molecule has 1 heterocycles. The van der Waals surface area contributed by atoms with Gasteiger partial charge < -0.3 is 25.1 Å². The van der Waals surface area contributed by atoms with E-state index in [9.17, 15) is 14.4 Å². The average molecular weight is 542 g/mol. The van der Waals surface area contributed by atoms with Crippen LogP contribution in [0.15, 0.2) is 30.5 Å². The molecule has 0 aliphatic heterocycles. The number of methoxy groups -OCH3 is 1. The fourth-order valence-electron chi connectivity index (χ4n) is 7.27. The van der Waals surface area contributed by atoms with Crippen molar-refractivity contribution >= 4 is 40.6 Å². The smallest absolute Gasteiger partial charge is 0.408 e. The van der Waals surface area contributed by atoms with Gasteiger partial charge in [-0.25, -0.2) is 4.79 Å². The Morgan fingerprint density at radius 1 is 1.11 bits per heavy atom. The first-order chi connectivity index (χ1) is 18.3. The highest BCUT2D eigenvalue weighted by Gasteiger charge is 2.50. The molecule has 4 bridgehead atoms. The molecule has 0 radical (unpaired) electrons. The Bertz CT molecular complexity index is 1150. The zero-order chi connectivity index (χ0) is 26.9. The molecule has 3 N–H and O–H groups in total. The van der Waals surface area contributed by atoms with Crippen molar-refractivity contribution in [2.45, 2.75) is 69.6 Å². The Kier molecular flexibility index (Phi) is 7.93. The lowest BCUT2D eigenvalue weighted by Crippen LogP contribution is -2.61. The summed E-state index contributed by atoms with van der Waals surface area (Å²) in [6.07, 6.45) is 9.40. The topological polar surface area (TPSA) is 110 Å². The molecular formula is C29H39N3O5S. The summed E-state index contributed by atoms with van der Waals surface area (Å²) in [5.41, 5.74) is 0.593. The summed E-state index contributed by atoms with van der Waals surface area (Å²) in [7, 11) is 1.34. The predicted octanol–water partition coefficient (Wildman–Crippen LogP) is 4.43. The van der Waals surface area contributed by atoms with Crippen molar-refractivity contribution in [3.05, 3.63) is 36.0 Å². The number of nitrogens with one attached hydrogen (secondary N) is 3. The Hall–Kier alpha value is -2.68. The summed E-state index contributed by atoms with van der Waals surface area (Å²) in [5.74, 6) is 2.21. The number of benzene rings is 1. The number of aromatic amines is 1. The molecule has 1 aromatic carbocycles. The lowest BCUT2D eigenvalue weighted by molar-refractivity contribution is -0.141. The fraction of sp³-hybridized carbons (Fsp3) is 0.621. The van der Waals surface area contributed by atoms with Gasteiger partial charge >= 0.3 is 12.1 Å². The van der Waals surface area contributed by atoms with Gasteiger partial charge in [-0.1, -0.05) is 18.2 Å². The summed E-state index contributed by atoms with van der Waals surface area (Å²) in [5, 5.41) is 6.96. The van der Waals surface area contributed by atoms with Crippen LogP contribution in [-0.4, -0.2) is 59.8 Å². The van der Waals surface area contributed by atoms with Crippen molar-refractivity contribution < 1.29 is 23.9 Å². The second-order valence-electron chi connectivity index (χ2n) is 11.7. The van der Waals surface area contributed by atoms with E-state index in [4.69, 9.17) is 9.47 Å². The Balaban J connectivity index is 1.34. The summed E-state index contributed by atoms with van der Waals surface area (Å²) >= 11 is 1.53. The van der Waals surface area contributed by atoms with Gasteiger partial charge in [0.25, 0.3) is 0 Å². The molecule has 4 aliphatic rings. The normalized spacial score (nSPS) is 27.9. The van der Waals surface area contributed by atoms with Crippen molar-refractivity contribution in [3.63, 3.8) is 0 Å². The number of fused-ring (bicyclic) bond motifs is 1. The number of thioether (sulfide) groups is 1. The van der Waals surface area contributed by atoms with E-state index in [2.05, 4.69) is 15.6 Å². The third-order valence-corrected chi connectivity index (χ3v) is 9.56. The SMILES string of the molecule is COC(=O)C[C@@H](CSC)NC(=O)[C@@](C)(Cc1c[nH]c2ccccc12)NC(=O)OC1C2CC3CC(C2)CC1C3. The maximum atomic E-state index is 13.8. The maximum absolute atomic E-state index is 13.8. The molecule has 0 saturated heterocycles. The van der Waals surface area contributed by atoms with Gasteiger partial charge in [-0.2, -0.15) is 11.8 Å². The number of hydrogen-bond acceptors (Lipinski definition) is 6. The second kappa shape index (κ2) is 11.2. The minimum absolute atomic E-state index is 0.0600. The number of carbonyl (C=O) groups is 3. The molecule has 2 atom stereocenters. The van der Waals surface area contributed by atoms with Gasteiger partial charge in [0.15, 0.2) is 0 Å². The number of ether oxygens (including phenoxy) is 2. The van der Waals surface area contributed by atoms with Crippen molar-refractivity contribution in [2.24, 2.45) is 23.7 Å². The summed E-state index contributed by atoms with van der Waals surface area (Å²) in [4.78, 5) is 42.4. The molecule has 206 valence electrons. The van der Waals surface area contributed by atoms with Crippen LogP contribution in [0.25, 0.3) is 10.9 Å². The van der Waals surface area contributed by atoms with Crippen LogP contribution in [0.1, 0.15) is 51.0 Å². The lowest BCUT2D eigenvalue weighted by Gasteiger charge is -2.53. The van der Waals surface area contributed by atoms with Gasteiger partial charge in [0.05, 0.1) is 13.5 Å². The minimum Gasteiger partial charge on any atom is -0.469 e. The van der Waals surface area contributed by atoms with Crippen molar-refractivity contribution in [1.82, 2.24) is 15.6 Å². The summed E-state index contributed by atoms with van der Waals surface area (Å²) in [6, 6.07) is 7.47. The number of rotatable bonds is 10. The molecule has 38 heavy (non-hydrogen) atoms. The van der Waals surface area contributed by atoms with Crippen LogP contribution in [0.3, 0.4) is 0 Å². The molecule has 4 saturated carbocycles. The molecule has 8 nitrogen and oxygen atoms in total. The van der Waals surface area contributed by atoms with E-state index in [1.165, 1.54) is 25.3 Å². The highest BCUT2D eigenvalue weighted by Crippen LogP contribution is 2.54. The number of para-hydroxylation sites is 1. The molecule has 0 spiro atoms. The number of aromatic nitrogens is 1. The lowest BCUT2D eigenvalue weighted by atomic mass is 9.55. The van der Waals surface area contributed by atoms with E-state index < -0.39 is 23.6 Å². The number of esters is 1. The van der Waals surface area contributed by atoms with Crippen molar-refractivity contribution in [1.29, 1.82) is 0 Å². The van der Waals surface area contributed by atoms with E-state index in [1.54, 1.807) is 6.92 Å². The number of alkyl carbamates (subject to hydrolysis) is 1. The van der Waals surface area contributed by atoms with Crippen LogP contribution in [0.5, 0.6) is 0 Å². The average Bonchev–Trinajstić information content (AvgIpc) is 3.28. The van der Waals surface area contributed by atoms with Gasteiger partial charge in [-0.15, -0.1) is 0 Å². The van der Waals surface area contributed by atoms with Gasteiger partial charge in [0.2, 0.25) is 5.91 Å². The number of carbonyl (C=O) groups excluding carboxylic acids is 3. The Morgan fingerprint density at radius 2 is 1.79 bits per heavy atom. The third kappa shape index (κ3) is 5.67. The summed E-state index contributed by atoms with van der Waals surface area (Å²) < 4.78 is 10.9. The van der Waals surface area contributed by atoms with Crippen LogP contribution in [0.4, 0.5) is 4.79 Å². The first-order valence-corrected chi connectivity index (χ1v) is 15.1. The molecular weight excluding hydrogens is 502 g/mol. The van der Waals surface area contributed by atoms with Crippen LogP contribution in [-0.2, 0) is 25.5 Å². The number of hydrogen-bond donors (Lipinski definition) is 3. The molecule has 4 fully saturated rings. The van der Waals surface area contributed by atoms with Crippen LogP contribution in [0.2, 0.25) is 0 Å². The van der Waals surface area contributed by atoms with E-state index in [1.807, 2.05) is 36.7 Å². The highest BCUT2D eigenvalue weighted by molar-refractivity contribution is 7.98. The van der Waals surface area contributed by atoms with E-state index in [0.29, 0.717) is 17.6 Å². The fourth-order valence-corrected chi connectivity index (χ4v) is 7.87. The molecule has 9 heteroatoms. The first-order valence-electron chi connectivity index (χ1n) is 13.7. The Morgan fingerprint density at radius 3 is 2.45 bits per heavy atom. The third-order valence-electron chi connectivity index (χ3n) is 8.83. The standard InChI is InChI=1S/C29H39N3O5S/c1-29(14-21-15-30-24-7-5-4-6-23(21)24,27(34)31-22(16-38-3)13-25(33)36-2)32-28(35)37-26-19-9-17-8-18(11-19)12-20(26)10-17/h4-7,15,17-20,22,26,30H,8-14,16H2,1-3H3,(H,31,34)(H,32,35)/t17?,18?,19?,20?,22-,26?,29+/m0/s1. The minimum atomic E-state index is -1.29. The van der Waals surface area contributed by atoms with Crippen LogP contribution in [0, 0.1) is 23.7 Å². The zero-order valence-electron chi connectivity index (χ0n) is 22.5. The van der Waals surface area contributed by atoms with Crippen molar-refractivity contribution in [3.8, 4) is 0 Å². The van der Waals surface area contributed by atoms with Gasteiger partial charge in [-0.3, -0.25) is 9.59 Å². The van der Waals surface area contributed by atoms with Gasteiger partial charge in [-0.05, 0) is 80.6 Å². The van der Waals surface area contributed by atoms with E-state index in [-0.39, 0.29) is 24.9 Å². The first kappa shape index (κ1) is 26.9. The monoisotopic (exact) mass is 541 g/mol. The van der Waals surface area contributed by atoms with Gasteiger partial charge in [0, 0.05) is 35.3 Å².